The van der Waals surface area contributed by atoms with Crippen molar-refractivity contribution >= 4 is 0 Å². The van der Waals surface area contributed by atoms with Crippen LogP contribution in [-0.4, -0.2) is 29.0 Å². The Hall–Kier alpha value is -1.72. The van der Waals surface area contributed by atoms with Crippen LogP contribution in [0, 0.1) is 17.7 Å². The summed E-state index contributed by atoms with van der Waals surface area (Å²) in [6, 6.07) is 6.58. The van der Waals surface area contributed by atoms with Gasteiger partial charge in [-0.05, 0) is 48.9 Å². The van der Waals surface area contributed by atoms with Crippen molar-refractivity contribution < 1.29 is 8.81 Å². The zero-order chi connectivity index (χ0) is 15.8. The average molecular weight is 315 g/mol. The fraction of sp³-hybridized carbons (Fsp3) is 0.500. The number of hydrogen-bond donors (Lipinski definition) is 1. The molecule has 0 amide bonds. The number of halogens is 1. The fourth-order valence-corrected chi connectivity index (χ4v) is 4.07. The molecular weight excluding hydrogens is 293 g/mol. The SMILES string of the molecule is NC1CCCC2CN(Cc3coc(-c4ccc(F)cc4)n3)CC12. The van der Waals surface area contributed by atoms with Crippen molar-refractivity contribution in [2.75, 3.05) is 13.1 Å². The second-order valence-corrected chi connectivity index (χ2v) is 6.86. The minimum Gasteiger partial charge on any atom is -0.444 e. The van der Waals surface area contributed by atoms with Gasteiger partial charge in [-0.1, -0.05) is 6.42 Å². The summed E-state index contributed by atoms with van der Waals surface area (Å²) in [5.41, 5.74) is 8.00. The molecule has 5 heteroatoms. The van der Waals surface area contributed by atoms with E-state index in [1.165, 1.54) is 25.0 Å². The Bertz CT molecular complexity index is 669. The lowest BCUT2D eigenvalue weighted by molar-refractivity contribution is 0.259. The maximum atomic E-state index is 13.0. The number of benzene rings is 1. The molecule has 122 valence electrons. The number of rotatable bonds is 3. The van der Waals surface area contributed by atoms with Crippen molar-refractivity contribution in [3.63, 3.8) is 0 Å². The highest BCUT2D eigenvalue weighted by molar-refractivity contribution is 5.52. The monoisotopic (exact) mass is 315 g/mol. The molecule has 2 N–H and O–H groups in total. The number of likely N-dealkylation sites (tertiary alicyclic amines) is 1. The van der Waals surface area contributed by atoms with Crippen molar-refractivity contribution in [3.05, 3.63) is 42.0 Å². The van der Waals surface area contributed by atoms with Gasteiger partial charge in [0.05, 0.1) is 5.69 Å². The molecule has 2 aliphatic rings. The van der Waals surface area contributed by atoms with E-state index in [1.807, 2.05) is 0 Å². The third kappa shape index (κ3) is 3.03. The molecule has 1 aliphatic heterocycles. The molecule has 1 aliphatic carbocycles. The Labute approximate surface area is 135 Å². The van der Waals surface area contributed by atoms with Gasteiger partial charge in [-0.15, -0.1) is 0 Å². The van der Waals surface area contributed by atoms with Crippen molar-refractivity contribution in [1.29, 1.82) is 0 Å². The summed E-state index contributed by atoms with van der Waals surface area (Å²) in [7, 11) is 0. The zero-order valence-electron chi connectivity index (χ0n) is 13.1. The van der Waals surface area contributed by atoms with Gasteiger partial charge in [0.2, 0.25) is 5.89 Å². The lowest BCUT2D eigenvalue weighted by atomic mass is 9.78. The van der Waals surface area contributed by atoms with Crippen molar-refractivity contribution in [1.82, 2.24) is 9.88 Å². The van der Waals surface area contributed by atoms with Crippen LogP contribution >= 0.6 is 0 Å². The maximum absolute atomic E-state index is 13.0. The molecule has 1 saturated carbocycles. The average Bonchev–Trinajstić information content (AvgIpc) is 3.16. The van der Waals surface area contributed by atoms with Crippen LogP contribution in [0.15, 0.2) is 34.9 Å². The largest absolute Gasteiger partial charge is 0.444 e. The molecule has 3 unspecified atom stereocenters. The maximum Gasteiger partial charge on any atom is 0.226 e. The Morgan fingerprint density at radius 3 is 2.83 bits per heavy atom. The molecular formula is C18H22FN3O. The zero-order valence-corrected chi connectivity index (χ0v) is 13.1. The van der Waals surface area contributed by atoms with E-state index in [-0.39, 0.29) is 5.82 Å². The van der Waals surface area contributed by atoms with Gasteiger partial charge in [0.1, 0.15) is 12.1 Å². The summed E-state index contributed by atoms with van der Waals surface area (Å²) in [4.78, 5) is 6.99. The van der Waals surface area contributed by atoms with Crippen molar-refractivity contribution in [2.45, 2.75) is 31.8 Å². The number of fused-ring (bicyclic) bond motifs is 1. The van der Waals surface area contributed by atoms with Gasteiger partial charge in [0.25, 0.3) is 0 Å². The van der Waals surface area contributed by atoms with E-state index in [0.29, 0.717) is 17.9 Å². The third-order valence-corrected chi connectivity index (χ3v) is 5.26. The Morgan fingerprint density at radius 1 is 1.22 bits per heavy atom. The normalized spacial score (nSPS) is 28.0. The van der Waals surface area contributed by atoms with Crippen LogP contribution in [0.1, 0.15) is 25.0 Å². The van der Waals surface area contributed by atoms with E-state index in [9.17, 15) is 4.39 Å². The molecule has 1 saturated heterocycles. The molecule has 4 rings (SSSR count). The summed E-state index contributed by atoms with van der Waals surface area (Å²) < 4.78 is 18.5. The minimum absolute atomic E-state index is 0.253. The smallest absolute Gasteiger partial charge is 0.226 e. The van der Waals surface area contributed by atoms with Gasteiger partial charge in [-0.3, -0.25) is 4.90 Å². The summed E-state index contributed by atoms with van der Waals surface area (Å²) in [5.74, 6) is 1.67. The molecule has 0 radical (unpaired) electrons. The quantitative estimate of drug-likeness (QED) is 0.946. The highest BCUT2D eigenvalue weighted by atomic mass is 19.1. The van der Waals surface area contributed by atoms with Crippen LogP contribution in [-0.2, 0) is 6.54 Å². The Morgan fingerprint density at radius 2 is 2.04 bits per heavy atom. The first kappa shape index (κ1) is 14.8. The van der Waals surface area contributed by atoms with Gasteiger partial charge >= 0.3 is 0 Å². The number of hydrogen-bond acceptors (Lipinski definition) is 4. The standard InChI is InChI=1S/C18H22FN3O/c19-14-6-4-12(5-7-14)18-21-15(11-23-18)9-22-8-13-2-1-3-17(20)16(13)10-22/h4-7,11,13,16-17H,1-3,8-10,20H2. The van der Waals surface area contributed by atoms with E-state index in [2.05, 4.69) is 9.88 Å². The van der Waals surface area contributed by atoms with Crippen molar-refractivity contribution in [2.24, 2.45) is 17.6 Å². The second-order valence-electron chi connectivity index (χ2n) is 6.86. The van der Waals surface area contributed by atoms with E-state index in [1.54, 1.807) is 18.4 Å². The summed E-state index contributed by atoms with van der Waals surface area (Å²) in [5, 5.41) is 0. The molecule has 2 aromatic rings. The molecule has 0 bridgehead atoms. The molecule has 0 spiro atoms. The van der Waals surface area contributed by atoms with Gasteiger partial charge in [-0.25, -0.2) is 9.37 Å². The number of aromatic nitrogens is 1. The van der Waals surface area contributed by atoms with E-state index in [4.69, 9.17) is 10.2 Å². The van der Waals surface area contributed by atoms with Gasteiger partial charge in [-0.2, -0.15) is 0 Å². The van der Waals surface area contributed by atoms with Crippen LogP contribution in [0.2, 0.25) is 0 Å². The topological polar surface area (TPSA) is 55.3 Å². The summed E-state index contributed by atoms with van der Waals surface area (Å²) in [6.45, 7) is 2.96. The van der Waals surface area contributed by atoms with E-state index < -0.39 is 0 Å². The van der Waals surface area contributed by atoms with Crippen LogP contribution in [0.4, 0.5) is 4.39 Å². The lowest BCUT2D eigenvalue weighted by Crippen LogP contribution is -2.38. The van der Waals surface area contributed by atoms with Gasteiger partial charge < -0.3 is 10.2 Å². The van der Waals surface area contributed by atoms with E-state index >= 15 is 0 Å². The molecule has 4 nitrogen and oxygen atoms in total. The van der Waals surface area contributed by atoms with Crippen LogP contribution in [0.3, 0.4) is 0 Å². The first-order chi connectivity index (χ1) is 11.2. The highest BCUT2D eigenvalue weighted by Gasteiger charge is 2.38. The van der Waals surface area contributed by atoms with Gasteiger partial charge in [0.15, 0.2) is 0 Å². The van der Waals surface area contributed by atoms with Crippen LogP contribution < -0.4 is 5.73 Å². The minimum atomic E-state index is -0.253. The molecule has 2 fully saturated rings. The van der Waals surface area contributed by atoms with Gasteiger partial charge in [0, 0.05) is 31.2 Å². The second kappa shape index (κ2) is 6.06. The first-order valence-corrected chi connectivity index (χ1v) is 8.37. The highest BCUT2D eigenvalue weighted by Crippen LogP contribution is 2.36. The number of oxazole rings is 1. The van der Waals surface area contributed by atoms with Crippen LogP contribution in [0.25, 0.3) is 11.5 Å². The Kier molecular flexibility index (Phi) is 3.91. The lowest BCUT2D eigenvalue weighted by Gasteiger charge is -2.29. The molecule has 1 aromatic heterocycles. The number of nitrogens with zero attached hydrogens (tertiary/aromatic N) is 2. The van der Waals surface area contributed by atoms with Crippen molar-refractivity contribution in [3.8, 4) is 11.5 Å². The molecule has 23 heavy (non-hydrogen) atoms. The Balaban J connectivity index is 1.43. The summed E-state index contributed by atoms with van der Waals surface area (Å²) >= 11 is 0. The van der Waals surface area contributed by atoms with Crippen LogP contribution in [0.5, 0.6) is 0 Å². The third-order valence-electron chi connectivity index (χ3n) is 5.26. The summed E-state index contributed by atoms with van der Waals surface area (Å²) in [6.07, 6.45) is 5.43. The molecule has 3 atom stereocenters. The van der Waals surface area contributed by atoms with E-state index in [0.717, 1.165) is 43.2 Å². The molecule has 1 aromatic carbocycles. The fourth-order valence-electron chi connectivity index (χ4n) is 4.07. The predicted octanol–water partition coefficient (Wildman–Crippen LogP) is 3.04. The molecule has 2 heterocycles. The number of nitrogens with two attached hydrogens (primary N) is 1. The predicted molar refractivity (Wildman–Crippen MR) is 86.0 cm³/mol. The first-order valence-electron chi connectivity index (χ1n) is 8.37.